The monoisotopic (exact) mass is 343 g/mol. The van der Waals surface area contributed by atoms with Crippen molar-refractivity contribution in [1.29, 1.82) is 0 Å². The van der Waals surface area contributed by atoms with Crippen LogP contribution in [0.1, 0.15) is 18.9 Å². The minimum atomic E-state index is -3.28. The van der Waals surface area contributed by atoms with Crippen LogP contribution in [0.25, 0.3) is 0 Å². The smallest absolute Gasteiger partial charge is 0.326 e. The first-order valence-corrected chi connectivity index (χ1v) is 8.78. The van der Waals surface area contributed by atoms with E-state index in [2.05, 4.69) is 5.32 Å². The molecule has 0 aliphatic carbocycles. The lowest BCUT2D eigenvalue weighted by atomic mass is 10.1. The molecular weight excluding hydrogens is 322 g/mol. The molecule has 1 rings (SSSR count). The number of methoxy groups -OCH3 is 1. The van der Waals surface area contributed by atoms with Gasteiger partial charge in [-0.3, -0.25) is 4.79 Å². The van der Waals surface area contributed by atoms with Crippen LogP contribution >= 0.6 is 0 Å². The highest BCUT2D eigenvalue weighted by Crippen LogP contribution is 2.12. The molecule has 1 amide bonds. The molecule has 1 aromatic rings. The van der Waals surface area contributed by atoms with Crippen LogP contribution in [0, 0.1) is 0 Å². The van der Waals surface area contributed by atoms with Crippen LogP contribution in [0.2, 0.25) is 0 Å². The highest BCUT2D eigenvalue weighted by atomic mass is 32.2. The van der Waals surface area contributed by atoms with Crippen molar-refractivity contribution in [2.24, 2.45) is 0 Å². The Hall–Kier alpha value is -1.93. The number of carbonyl (C=O) groups is 2. The summed E-state index contributed by atoms with van der Waals surface area (Å²) in [5.74, 6) is -1.56. The van der Waals surface area contributed by atoms with Crippen LogP contribution in [0.15, 0.2) is 29.2 Å². The summed E-state index contributed by atoms with van der Waals surface area (Å²) < 4.78 is 28.2. The number of hydrogen-bond acceptors (Lipinski definition) is 5. The minimum absolute atomic E-state index is 0.00657. The normalized spacial score (nSPS) is 12.6. The van der Waals surface area contributed by atoms with Gasteiger partial charge in [0.1, 0.15) is 6.04 Å². The van der Waals surface area contributed by atoms with E-state index in [1.165, 1.54) is 19.2 Å². The van der Waals surface area contributed by atoms with E-state index < -0.39 is 27.8 Å². The molecule has 0 heterocycles. The van der Waals surface area contributed by atoms with Gasteiger partial charge in [0.2, 0.25) is 5.91 Å². The van der Waals surface area contributed by atoms with Gasteiger partial charge in [-0.1, -0.05) is 19.1 Å². The summed E-state index contributed by atoms with van der Waals surface area (Å²) in [4.78, 5) is 23.1. The fourth-order valence-corrected chi connectivity index (χ4v) is 2.79. The van der Waals surface area contributed by atoms with Gasteiger partial charge in [-0.05, 0) is 17.7 Å². The first-order valence-electron chi connectivity index (χ1n) is 7.13. The molecule has 0 spiro atoms. The van der Waals surface area contributed by atoms with Gasteiger partial charge in [-0.25, -0.2) is 13.2 Å². The lowest BCUT2D eigenvalue weighted by molar-refractivity contribution is -0.142. The topological polar surface area (TPSA) is 110 Å². The number of carboxylic acids is 1. The summed E-state index contributed by atoms with van der Waals surface area (Å²) in [6.07, 6.45) is 0.147. The Bertz CT molecular complexity index is 638. The predicted octanol–water partition coefficient (Wildman–Crippen LogP) is 0.629. The second-order valence-electron chi connectivity index (χ2n) is 4.96. The summed E-state index contributed by atoms with van der Waals surface area (Å²) in [5.41, 5.74) is 0.605. The second kappa shape index (κ2) is 8.64. The molecule has 0 aromatic heterocycles. The number of sulfone groups is 1. The molecule has 0 fully saturated rings. The van der Waals surface area contributed by atoms with Crippen LogP contribution in [-0.2, 0) is 30.6 Å². The van der Waals surface area contributed by atoms with Crippen molar-refractivity contribution in [2.45, 2.75) is 30.7 Å². The van der Waals surface area contributed by atoms with Crippen molar-refractivity contribution in [3.63, 3.8) is 0 Å². The van der Waals surface area contributed by atoms with Crippen LogP contribution < -0.4 is 5.32 Å². The van der Waals surface area contributed by atoms with Crippen LogP contribution in [-0.4, -0.2) is 50.9 Å². The fourth-order valence-electron chi connectivity index (χ4n) is 1.91. The molecule has 0 saturated carbocycles. The van der Waals surface area contributed by atoms with E-state index in [0.29, 0.717) is 5.56 Å². The van der Waals surface area contributed by atoms with Gasteiger partial charge in [0.05, 0.1) is 17.1 Å². The lowest BCUT2D eigenvalue weighted by Crippen LogP contribution is -2.42. The minimum Gasteiger partial charge on any atom is -0.480 e. The van der Waals surface area contributed by atoms with Gasteiger partial charge in [0, 0.05) is 20.1 Å². The predicted molar refractivity (Wildman–Crippen MR) is 83.9 cm³/mol. The molecule has 1 aromatic carbocycles. The zero-order chi connectivity index (χ0) is 17.5. The van der Waals surface area contributed by atoms with Gasteiger partial charge in [-0.15, -0.1) is 0 Å². The van der Waals surface area contributed by atoms with Gasteiger partial charge in [-0.2, -0.15) is 0 Å². The van der Waals surface area contributed by atoms with Crippen molar-refractivity contribution >= 4 is 21.7 Å². The molecule has 0 radical (unpaired) electrons. The molecule has 128 valence electrons. The number of carboxylic acid groups (broad SMARTS) is 1. The molecule has 0 saturated heterocycles. The Morgan fingerprint density at radius 2 is 1.87 bits per heavy atom. The van der Waals surface area contributed by atoms with E-state index >= 15 is 0 Å². The molecular formula is C15H21NO6S. The summed E-state index contributed by atoms with van der Waals surface area (Å²) in [5, 5.41) is 11.4. The van der Waals surface area contributed by atoms with Gasteiger partial charge in [0.25, 0.3) is 0 Å². The fraction of sp³-hybridized carbons (Fsp3) is 0.467. The standard InChI is InChI=1S/C15H21NO6S/c1-3-23(20,21)12-6-4-11(5-7-12)10-14(17)16-13(15(18)19)8-9-22-2/h4-7,13H,3,8-10H2,1-2H3,(H,16,17)(H,18,19). The molecule has 8 heteroatoms. The summed E-state index contributed by atoms with van der Waals surface area (Å²) in [7, 11) is -1.83. The van der Waals surface area contributed by atoms with Gasteiger partial charge in [0.15, 0.2) is 9.84 Å². The van der Waals surface area contributed by atoms with E-state index in [4.69, 9.17) is 9.84 Å². The zero-order valence-electron chi connectivity index (χ0n) is 13.1. The van der Waals surface area contributed by atoms with Crippen LogP contribution in [0.4, 0.5) is 0 Å². The Balaban J connectivity index is 2.68. The third-order valence-corrected chi connectivity index (χ3v) is 5.02. The van der Waals surface area contributed by atoms with E-state index in [-0.39, 0.29) is 30.1 Å². The number of hydrogen-bond donors (Lipinski definition) is 2. The summed E-state index contributed by atoms with van der Waals surface area (Å²) >= 11 is 0. The average molecular weight is 343 g/mol. The van der Waals surface area contributed by atoms with Crippen molar-refractivity contribution in [2.75, 3.05) is 19.5 Å². The molecule has 1 unspecified atom stereocenters. The number of nitrogens with one attached hydrogen (secondary N) is 1. The number of ether oxygens (including phenoxy) is 1. The summed E-state index contributed by atoms with van der Waals surface area (Å²) in [6, 6.07) is 4.98. The maximum Gasteiger partial charge on any atom is 0.326 e. The van der Waals surface area contributed by atoms with Crippen molar-refractivity contribution in [3.8, 4) is 0 Å². The van der Waals surface area contributed by atoms with Crippen molar-refractivity contribution in [1.82, 2.24) is 5.32 Å². The van der Waals surface area contributed by atoms with Gasteiger partial charge < -0.3 is 15.2 Å². The first kappa shape index (κ1) is 19.1. The molecule has 1 atom stereocenters. The number of aliphatic carboxylic acids is 1. The van der Waals surface area contributed by atoms with E-state index in [1.807, 2.05) is 0 Å². The Labute approximate surface area is 135 Å². The highest BCUT2D eigenvalue weighted by Gasteiger charge is 2.19. The van der Waals surface area contributed by atoms with Crippen LogP contribution in [0.3, 0.4) is 0 Å². The Morgan fingerprint density at radius 3 is 2.35 bits per heavy atom. The van der Waals surface area contributed by atoms with Crippen molar-refractivity contribution in [3.05, 3.63) is 29.8 Å². The number of carbonyl (C=O) groups excluding carboxylic acids is 1. The third kappa shape index (κ3) is 5.99. The molecule has 0 aliphatic rings. The van der Waals surface area contributed by atoms with Crippen LogP contribution in [0.5, 0.6) is 0 Å². The van der Waals surface area contributed by atoms with Gasteiger partial charge >= 0.3 is 5.97 Å². The second-order valence-corrected chi connectivity index (χ2v) is 7.24. The third-order valence-electron chi connectivity index (χ3n) is 3.27. The molecule has 0 aliphatic heterocycles. The molecule has 2 N–H and O–H groups in total. The van der Waals surface area contributed by atoms with E-state index in [0.717, 1.165) is 0 Å². The first-order chi connectivity index (χ1) is 10.8. The average Bonchev–Trinajstić information content (AvgIpc) is 2.51. The van der Waals surface area contributed by atoms with Crippen molar-refractivity contribution < 1.29 is 27.9 Å². The highest BCUT2D eigenvalue weighted by molar-refractivity contribution is 7.91. The number of amides is 1. The van der Waals surface area contributed by atoms with E-state index in [9.17, 15) is 18.0 Å². The molecule has 0 bridgehead atoms. The maximum atomic E-state index is 11.9. The number of rotatable bonds is 9. The SMILES string of the molecule is CCS(=O)(=O)c1ccc(CC(=O)NC(CCOC)C(=O)O)cc1. The Morgan fingerprint density at radius 1 is 1.26 bits per heavy atom. The molecule has 7 nitrogen and oxygen atoms in total. The molecule has 23 heavy (non-hydrogen) atoms. The van der Waals surface area contributed by atoms with E-state index in [1.54, 1.807) is 19.1 Å². The quantitative estimate of drug-likeness (QED) is 0.680. The Kier molecular flexibility index (Phi) is 7.18. The zero-order valence-corrected chi connectivity index (χ0v) is 13.9. The number of benzene rings is 1. The maximum absolute atomic E-state index is 11.9. The largest absolute Gasteiger partial charge is 0.480 e. The summed E-state index contributed by atoms with van der Waals surface area (Å²) in [6.45, 7) is 1.78. The lowest BCUT2D eigenvalue weighted by Gasteiger charge is -2.14.